The molecule has 5 heteroatoms. The molecule has 2 aromatic rings. The fourth-order valence-corrected chi connectivity index (χ4v) is 1.89. The molecule has 0 atom stereocenters. The maximum absolute atomic E-state index is 10.7. The second kappa shape index (κ2) is 5.83. The topological polar surface area (TPSA) is 91.8 Å². The zero-order valence-electron chi connectivity index (χ0n) is 10.4. The first kappa shape index (κ1) is 12.8. The highest BCUT2D eigenvalue weighted by Crippen LogP contribution is 2.25. The SMILES string of the molecule is N#Cc1cnc2ccccc2c1NCCCC(N)=O. The monoisotopic (exact) mass is 254 g/mol. The summed E-state index contributed by atoms with van der Waals surface area (Å²) in [5, 5.41) is 13.2. The second-order valence-electron chi connectivity index (χ2n) is 4.17. The summed E-state index contributed by atoms with van der Waals surface area (Å²) in [6.45, 7) is 0.589. The Labute approximate surface area is 111 Å². The van der Waals surface area contributed by atoms with Crippen LogP contribution in [0.25, 0.3) is 10.9 Å². The van der Waals surface area contributed by atoms with Crippen molar-refractivity contribution in [2.45, 2.75) is 12.8 Å². The minimum atomic E-state index is -0.318. The number of anilines is 1. The van der Waals surface area contributed by atoms with E-state index in [-0.39, 0.29) is 5.91 Å². The molecule has 96 valence electrons. The molecule has 0 unspecified atom stereocenters. The number of carbonyl (C=O) groups is 1. The molecule has 0 spiro atoms. The lowest BCUT2D eigenvalue weighted by molar-refractivity contribution is -0.118. The van der Waals surface area contributed by atoms with Gasteiger partial charge in [0.15, 0.2) is 0 Å². The van der Waals surface area contributed by atoms with E-state index < -0.39 is 0 Å². The molecule has 1 amide bonds. The molecular weight excluding hydrogens is 240 g/mol. The lowest BCUT2D eigenvalue weighted by atomic mass is 10.1. The van der Waals surface area contributed by atoms with Gasteiger partial charge >= 0.3 is 0 Å². The van der Waals surface area contributed by atoms with Crippen LogP contribution < -0.4 is 11.1 Å². The van der Waals surface area contributed by atoms with Gasteiger partial charge in [-0.25, -0.2) is 0 Å². The van der Waals surface area contributed by atoms with Crippen LogP contribution in [0, 0.1) is 11.3 Å². The molecule has 0 aliphatic heterocycles. The lowest BCUT2D eigenvalue weighted by Gasteiger charge is -2.10. The molecule has 0 aliphatic rings. The Morgan fingerprint density at radius 2 is 2.21 bits per heavy atom. The molecule has 0 bridgehead atoms. The van der Waals surface area contributed by atoms with Crippen LogP contribution in [0.4, 0.5) is 5.69 Å². The van der Waals surface area contributed by atoms with Crippen LogP contribution in [0.5, 0.6) is 0 Å². The molecule has 1 heterocycles. The minimum Gasteiger partial charge on any atom is -0.383 e. The number of aromatic nitrogens is 1. The average molecular weight is 254 g/mol. The first-order valence-electron chi connectivity index (χ1n) is 6.02. The van der Waals surface area contributed by atoms with Gasteiger partial charge in [0.25, 0.3) is 0 Å². The highest BCUT2D eigenvalue weighted by Gasteiger charge is 2.07. The number of nitriles is 1. The number of pyridine rings is 1. The van der Waals surface area contributed by atoms with Gasteiger partial charge in [0.2, 0.25) is 5.91 Å². The van der Waals surface area contributed by atoms with E-state index in [1.807, 2.05) is 24.3 Å². The number of para-hydroxylation sites is 1. The number of benzene rings is 1. The van der Waals surface area contributed by atoms with Crippen molar-refractivity contribution in [1.82, 2.24) is 4.98 Å². The Morgan fingerprint density at radius 3 is 2.95 bits per heavy atom. The van der Waals surface area contributed by atoms with Gasteiger partial charge in [0.1, 0.15) is 6.07 Å². The van der Waals surface area contributed by atoms with Crippen molar-refractivity contribution in [3.05, 3.63) is 36.0 Å². The molecule has 0 radical (unpaired) electrons. The summed E-state index contributed by atoms with van der Waals surface area (Å²) in [5.74, 6) is -0.318. The van der Waals surface area contributed by atoms with Gasteiger partial charge in [-0.05, 0) is 12.5 Å². The number of primary amides is 1. The Hall–Kier alpha value is -2.61. The number of fused-ring (bicyclic) bond motifs is 1. The number of rotatable bonds is 5. The van der Waals surface area contributed by atoms with Crippen LogP contribution in [0.15, 0.2) is 30.5 Å². The van der Waals surface area contributed by atoms with Crippen molar-refractivity contribution in [2.24, 2.45) is 5.73 Å². The first-order chi connectivity index (χ1) is 9.22. The molecule has 3 N–H and O–H groups in total. The molecule has 0 aliphatic carbocycles. The molecule has 2 rings (SSSR count). The quantitative estimate of drug-likeness (QED) is 0.795. The summed E-state index contributed by atoms with van der Waals surface area (Å²) < 4.78 is 0. The van der Waals surface area contributed by atoms with E-state index in [4.69, 9.17) is 11.0 Å². The van der Waals surface area contributed by atoms with Crippen molar-refractivity contribution in [1.29, 1.82) is 5.26 Å². The Morgan fingerprint density at radius 1 is 1.42 bits per heavy atom. The average Bonchev–Trinajstić information content (AvgIpc) is 2.43. The molecule has 1 aromatic heterocycles. The smallest absolute Gasteiger partial charge is 0.217 e. The third-order valence-electron chi connectivity index (χ3n) is 2.80. The first-order valence-corrected chi connectivity index (χ1v) is 6.02. The van der Waals surface area contributed by atoms with E-state index in [0.717, 1.165) is 16.6 Å². The van der Waals surface area contributed by atoms with E-state index in [0.29, 0.717) is 24.9 Å². The van der Waals surface area contributed by atoms with Gasteiger partial charge in [0.05, 0.1) is 16.8 Å². The fraction of sp³-hybridized carbons (Fsp3) is 0.214. The van der Waals surface area contributed by atoms with Crippen molar-refractivity contribution < 1.29 is 4.79 Å². The largest absolute Gasteiger partial charge is 0.383 e. The second-order valence-corrected chi connectivity index (χ2v) is 4.17. The van der Waals surface area contributed by atoms with Crippen LogP contribution in [-0.2, 0) is 4.79 Å². The zero-order chi connectivity index (χ0) is 13.7. The van der Waals surface area contributed by atoms with Crippen LogP contribution >= 0.6 is 0 Å². The zero-order valence-corrected chi connectivity index (χ0v) is 10.4. The molecule has 19 heavy (non-hydrogen) atoms. The summed E-state index contributed by atoms with van der Waals surface area (Å²) in [7, 11) is 0. The van der Waals surface area contributed by atoms with Crippen molar-refractivity contribution in [3.63, 3.8) is 0 Å². The summed E-state index contributed by atoms with van der Waals surface area (Å²) in [5.41, 5.74) is 7.18. The van der Waals surface area contributed by atoms with E-state index in [2.05, 4.69) is 16.4 Å². The fourth-order valence-electron chi connectivity index (χ4n) is 1.89. The van der Waals surface area contributed by atoms with Gasteiger partial charge in [0, 0.05) is 24.5 Å². The number of hydrogen-bond donors (Lipinski definition) is 2. The number of nitrogens with one attached hydrogen (secondary N) is 1. The highest BCUT2D eigenvalue weighted by molar-refractivity contribution is 5.93. The van der Waals surface area contributed by atoms with E-state index in [1.165, 1.54) is 0 Å². The Bertz CT molecular complexity index is 645. The third-order valence-corrected chi connectivity index (χ3v) is 2.80. The molecule has 1 aromatic carbocycles. The molecule has 5 nitrogen and oxygen atoms in total. The van der Waals surface area contributed by atoms with Gasteiger partial charge in [-0.2, -0.15) is 5.26 Å². The van der Waals surface area contributed by atoms with Crippen molar-refractivity contribution >= 4 is 22.5 Å². The third kappa shape index (κ3) is 2.99. The minimum absolute atomic E-state index is 0.318. The van der Waals surface area contributed by atoms with Gasteiger partial charge in [-0.1, -0.05) is 18.2 Å². The molecule has 0 saturated heterocycles. The summed E-state index contributed by atoms with van der Waals surface area (Å²) in [6.07, 6.45) is 2.52. The normalized spacial score (nSPS) is 10.1. The summed E-state index contributed by atoms with van der Waals surface area (Å²) in [6, 6.07) is 9.73. The van der Waals surface area contributed by atoms with Crippen LogP contribution in [0.2, 0.25) is 0 Å². The van der Waals surface area contributed by atoms with Crippen molar-refractivity contribution in [3.8, 4) is 6.07 Å². The number of amides is 1. The Balaban J connectivity index is 2.24. The molecule has 0 fully saturated rings. The predicted molar refractivity (Wildman–Crippen MR) is 73.4 cm³/mol. The Kier molecular flexibility index (Phi) is 3.94. The summed E-state index contributed by atoms with van der Waals surface area (Å²) in [4.78, 5) is 14.9. The molecular formula is C14H14N4O. The van der Waals surface area contributed by atoms with E-state index in [9.17, 15) is 4.79 Å². The van der Waals surface area contributed by atoms with Crippen molar-refractivity contribution in [2.75, 3.05) is 11.9 Å². The maximum Gasteiger partial charge on any atom is 0.217 e. The van der Waals surface area contributed by atoms with Crippen LogP contribution in [0.3, 0.4) is 0 Å². The van der Waals surface area contributed by atoms with Crippen LogP contribution in [-0.4, -0.2) is 17.4 Å². The number of nitrogens with two attached hydrogens (primary N) is 1. The maximum atomic E-state index is 10.7. The van der Waals surface area contributed by atoms with E-state index >= 15 is 0 Å². The van der Waals surface area contributed by atoms with Gasteiger partial charge in [-0.3, -0.25) is 9.78 Å². The summed E-state index contributed by atoms with van der Waals surface area (Å²) >= 11 is 0. The predicted octanol–water partition coefficient (Wildman–Crippen LogP) is 1.78. The standard InChI is InChI=1S/C14H14N4O/c15-8-10-9-18-12-5-2-1-4-11(12)14(10)17-7-3-6-13(16)19/h1-2,4-5,9H,3,6-7H2,(H2,16,19)(H,17,18). The lowest BCUT2D eigenvalue weighted by Crippen LogP contribution is -2.13. The van der Waals surface area contributed by atoms with E-state index in [1.54, 1.807) is 6.20 Å². The van der Waals surface area contributed by atoms with Gasteiger partial charge in [-0.15, -0.1) is 0 Å². The number of hydrogen-bond acceptors (Lipinski definition) is 4. The molecule has 0 saturated carbocycles. The highest BCUT2D eigenvalue weighted by atomic mass is 16.1. The van der Waals surface area contributed by atoms with Crippen LogP contribution in [0.1, 0.15) is 18.4 Å². The van der Waals surface area contributed by atoms with Gasteiger partial charge < -0.3 is 11.1 Å². The number of carbonyl (C=O) groups excluding carboxylic acids is 1. The number of nitrogens with zero attached hydrogens (tertiary/aromatic N) is 2.